The predicted octanol–water partition coefficient (Wildman–Crippen LogP) is 2.85. The third kappa shape index (κ3) is 4.84. The molecule has 0 radical (unpaired) electrons. The van der Waals surface area contributed by atoms with Gasteiger partial charge in [0.05, 0.1) is 28.1 Å². The molecule has 0 saturated carbocycles. The molecule has 3 heterocycles. The minimum absolute atomic E-state index is 0.00203. The standard InChI is InChI=1S/C23H34N4O4S/c1-3-12-27-20-9-8-18(32(29,30)26-13-4-5-14-26)16-19(20)25-22(27)10-11-23(28)24-17(2)21-7-6-15-31-21/h8-9,16-17,21H,3-7,10-15H2,1-2H3,(H,24,28). The van der Waals surface area contributed by atoms with E-state index in [1.54, 1.807) is 16.4 Å². The predicted molar refractivity (Wildman–Crippen MR) is 123 cm³/mol. The molecule has 4 rings (SSSR count). The third-order valence-corrected chi connectivity index (χ3v) is 8.33. The van der Waals surface area contributed by atoms with Gasteiger partial charge < -0.3 is 14.6 Å². The second kappa shape index (κ2) is 9.89. The summed E-state index contributed by atoms with van der Waals surface area (Å²) in [4.78, 5) is 17.5. The van der Waals surface area contributed by atoms with Crippen LogP contribution in [-0.2, 0) is 32.5 Å². The lowest BCUT2D eigenvalue weighted by molar-refractivity contribution is -0.122. The second-order valence-corrected chi connectivity index (χ2v) is 10.8. The Morgan fingerprint density at radius 2 is 2.06 bits per heavy atom. The van der Waals surface area contributed by atoms with Crippen LogP contribution in [-0.4, -0.2) is 60.0 Å². The molecular formula is C23H34N4O4S. The molecule has 2 fully saturated rings. The Labute approximate surface area is 190 Å². The molecule has 0 spiro atoms. The number of aryl methyl sites for hydroxylation is 2. The average Bonchev–Trinajstić information content (AvgIpc) is 3.53. The molecule has 2 unspecified atom stereocenters. The maximum absolute atomic E-state index is 13.0. The van der Waals surface area contributed by atoms with Crippen molar-refractivity contribution in [3.05, 3.63) is 24.0 Å². The van der Waals surface area contributed by atoms with Crippen LogP contribution in [0.15, 0.2) is 23.1 Å². The monoisotopic (exact) mass is 462 g/mol. The number of sulfonamides is 1. The Morgan fingerprint density at radius 1 is 1.28 bits per heavy atom. The van der Waals surface area contributed by atoms with E-state index in [-0.39, 0.29) is 18.1 Å². The van der Waals surface area contributed by atoms with Gasteiger partial charge in [0.1, 0.15) is 5.82 Å². The Morgan fingerprint density at radius 3 is 2.75 bits per heavy atom. The highest BCUT2D eigenvalue weighted by molar-refractivity contribution is 7.89. The summed E-state index contributed by atoms with van der Waals surface area (Å²) < 4.78 is 35.2. The zero-order chi connectivity index (χ0) is 22.7. The summed E-state index contributed by atoms with van der Waals surface area (Å²) in [6, 6.07) is 5.21. The van der Waals surface area contributed by atoms with E-state index in [1.807, 2.05) is 13.0 Å². The van der Waals surface area contributed by atoms with Gasteiger partial charge in [-0.25, -0.2) is 13.4 Å². The van der Waals surface area contributed by atoms with E-state index < -0.39 is 10.0 Å². The highest BCUT2D eigenvalue weighted by atomic mass is 32.2. The molecule has 9 heteroatoms. The number of fused-ring (bicyclic) bond motifs is 1. The van der Waals surface area contributed by atoms with Crippen LogP contribution in [0.3, 0.4) is 0 Å². The molecule has 1 amide bonds. The summed E-state index contributed by atoms with van der Waals surface area (Å²) in [7, 11) is -3.49. The van der Waals surface area contributed by atoms with Crippen molar-refractivity contribution in [3.8, 4) is 0 Å². The maximum atomic E-state index is 13.0. The molecule has 2 aliphatic heterocycles. The molecular weight excluding hydrogens is 428 g/mol. The highest BCUT2D eigenvalue weighted by Crippen LogP contribution is 2.26. The quantitative estimate of drug-likeness (QED) is 0.619. The van der Waals surface area contributed by atoms with Crippen LogP contribution in [0, 0.1) is 0 Å². The summed E-state index contributed by atoms with van der Waals surface area (Å²) >= 11 is 0. The molecule has 176 valence electrons. The summed E-state index contributed by atoms with van der Waals surface area (Å²) in [6.07, 6.45) is 5.70. The number of nitrogens with zero attached hydrogens (tertiary/aromatic N) is 3. The summed E-state index contributed by atoms with van der Waals surface area (Å²) in [5, 5.41) is 3.05. The number of benzene rings is 1. The molecule has 2 aromatic rings. The molecule has 2 atom stereocenters. The number of carbonyl (C=O) groups is 1. The SMILES string of the molecule is CCCn1c(CCC(=O)NC(C)C2CCCO2)nc2cc(S(=O)(=O)N3CCCC3)ccc21. The van der Waals surface area contributed by atoms with Gasteiger partial charge in [0.25, 0.3) is 0 Å². The fraction of sp³-hybridized carbons (Fsp3) is 0.652. The first-order chi connectivity index (χ1) is 15.4. The Bertz CT molecular complexity index is 1050. The normalized spacial score (nSPS) is 20.8. The summed E-state index contributed by atoms with van der Waals surface area (Å²) in [6.45, 7) is 6.78. The first kappa shape index (κ1) is 23.2. The molecule has 8 nitrogen and oxygen atoms in total. The number of ether oxygens (including phenoxy) is 1. The van der Waals surface area contributed by atoms with Gasteiger partial charge in [0, 0.05) is 39.1 Å². The topological polar surface area (TPSA) is 93.5 Å². The molecule has 1 aromatic carbocycles. The highest BCUT2D eigenvalue weighted by Gasteiger charge is 2.28. The Balaban J connectivity index is 1.50. The van der Waals surface area contributed by atoms with E-state index in [0.29, 0.717) is 36.3 Å². The van der Waals surface area contributed by atoms with Crippen molar-refractivity contribution in [1.29, 1.82) is 0 Å². The van der Waals surface area contributed by atoms with Crippen LogP contribution in [0.4, 0.5) is 0 Å². The molecule has 1 aromatic heterocycles. The van der Waals surface area contributed by atoms with Crippen LogP contribution in [0.2, 0.25) is 0 Å². The zero-order valence-electron chi connectivity index (χ0n) is 19.0. The third-order valence-electron chi connectivity index (χ3n) is 6.44. The summed E-state index contributed by atoms with van der Waals surface area (Å²) in [5.74, 6) is 0.804. The first-order valence-corrected chi connectivity index (χ1v) is 13.2. The van der Waals surface area contributed by atoms with Gasteiger partial charge in [-0.15, -0.1) is 0 Å². The number of amides is 1. The van der Waals surface area contributed by atoms with Gasteiger partial charge in [-0.05, 0) is 57.2 Å². The largest absolute Gasteiger partial charge is 0.376 e. The Kier molecular flexibility index (Phi) is 7.17. The zero-order valence-corrected chi connectivity index (χ0v) is 19.9. The lowest BCUT2D eigenvalue weighted by Gasteiger charge is -2.20. The van der Waals surface area contributed by atoms with Crippen molar-refractivity contribution in [2.24, 2.45) is 0 Å². The molecule has 1 N–H and O–H groups in total. The van der Waals surface area contributed by atoms with Gasteiger partial charge in [0.2, 0.25) is 15.9 Å². The van der Waals surface area contributed by atoms with E-state index >= 15 is 0 Å². The molecule has 2 aliphatic rings. The minimum atomic E-state index is -3.49. The molecule has 0 aliphatic carbocycles. The van der Waals surface area contributed by atoms with Crippen molar-refractivity contribution in [2.45, 2.75) is 82.4 Å². The van der Waals surface area contributed by atoms with Crippen LogP contribution < -0.4 is 5.32 Å². The smallest absolute Gasteiger partial charge is 0.243 e. The number of nitrogens with one attached hydrogen (secondary N) is 1. The molecule has 2 saturated heterocycles. The van der Waals surface area contributed by atoms with Crippen LogP contribution in [0.1, 0.15) is 58.2 Å². The Hall–Kier alpha value is -1.97. The van der Waals surface area contributed by atoms with Crippen LogP contribution >= 0.6 is 0 Å². The minimum Gasteiger partial charge on any atom is -0.376 e. The van der Waals surface area contributed by atoms with E-state index in [9.17, 15) is 13.2 Å². The first-order valence-electron chi connectivity index (χ1n) is 11.8. The maximum Gasteiger partial charge on any atom is 0.243 e. The van der Waals surface area contributed by atoms with Crippen LogP contribution in [0.25, 0.3) is 11.0 Å². The van der Waals surface area contributed by atoms with Gasteiger partial charge in [-0.3, -0.25) is 4.79 Å². The van der Waals surface area contributed by atoms with Crippen molar-refractivity contribution in [3.63, 3.8) is 0 Å². The number of hydrogen-bond donors (Lipinski definition) is 1. The van der Waals surface area contributed by atoms with E-state index in [2.05, 4.69) is 16.8 Å². The van der Waals surface area contributed by atoms with Gasteiger partial charge in [-0.1, -0.05) is 6.92 Å². The van der Waals surface area contributed by atoms with Gasteiger partial charge in [-0.2, -0.15) is 4.31 Å². The summed E-state index contributed by atoms with van der Waals surface area (Å²) in [5.41, 5.74) is 1.58. The number of carbonyl (C=O) groups excluding carboxylic acids is 1. The van der Waals surface area contributed by atoms with E-state index in [1.165, 1.54) is 0 Å². The van der Waals surface area contributed by atoms with Crippen molar-refractivity contribution in [1.82, 2.24) is 19.2 Å². The molecule has 32 heavy (non-hydrogen) atoms. The molecule has 0 bridgehead atoms. The van der Waals surface area contributed by atoms with E-state index in [4.69, 9.17) is 9.72 Å². The number of rotatable bonds is 9. The van der Waals surface area contributed by atoms with Crippen molar-refractivity contribution < 1.29 is 17.9 Å². The fourth-order valence-electron chi connectivity index (χ4n) is 4.70. The number of hydrogen-bond acceptors (Lipinski definition) is 5. The van der Waals surface area contributed by atoms with Crippen molar-refractivity contribution in [2.75, 3.05) is 19.7 Å². The van der Waals surface area contributed by atoms with E-state index in [0.717, 1.165) is 56.6 Å². The second-order valence-electron chi connectivity index (χ2n) is 8.85. The lowest BCUT2D eigenvalue weighted by Crippen LogP contribution is -2.40. The van der Waals surface area contributed by atoms with Gasteiger partial charge in [0.15, 0.2) is 0 Å². The average molecular weight is 463 g/mol. The van der Waals surface area contributed by atoms with Crippen molar-refractivity contribution >= 4 is 27.0 Å². The number of aromatic nitrogens is 2. The van der Waals surface area contributed by atoms with Crippen LogP contribution in [0.5, 0.6) is 0 Å². The van der Waals surface area contributed by atoms with Gasteiger partial charge >= 0.3 is 0 Å². The lowest BCUT2D eigenvalue weighted by atomic mass is 10.1. The number of imidazole rings is 1. The fourth-order valence-corrected chi connectivity index (χ4v) is 6.24.